The Morgan fingerprint density at radius 1 is 1.16 bits per heavy atom. The molecule has 3 heterocycles. The highest BCUT2D eigenvalue weighted by Gasteiger charge is 2.23. The maximum absolute atomic E-state index is 13.8. The molecule has 0 bridgehead atoms. The molecule has 5 rings (SSSR count). The molecule has 0 fully saturated rings. The lowest BCUT2D eigenvalue weighted by Gasteiger charge is -2.17. The Bertz CT molecular complexity index is 1740. The second-order valence-electron chi connectivity index (χ2n) is 8.48. The number of aromatic amines is 1. The number of nitrogens with two attached hydrogens (primary N) is 1. The number of rotatable bonds is 6. The minimum absolute atomic E-state index is 0. The van der Waals surface area contributed by atoms with E-state index in [1.807, 2.05) is 6.07 Å². The SMILES string of the molecule is Cl.Cn1nc(NS(C)(=O)=O)c2c(Cl)ccc(-c3cc4cn[nH]c4nc3C(N)Cc3cc(F)cc(F)c3)c21. The van der Waals surface area contributed by atoms with Crippen LogP contribution >= 0.6 is 24.0 Å². The summed E-state index contributed by atoms with van der Waals surface area (Å²) >= 11 is 6.47. The number of nitrogens with one attached hydrogen (secondary N) is 2. The van der Waals surface area contributed by atoms with E-state index in [4.69, 9.17) is 17.3 Å². The number of halogens is 4. The van der Waals surface area contributed by atoms with Gasteiger partial charge in [-0.2, -0.15) is 10.2 Å². The number of hydrogen-bond acceptors (Lipinski definition) is 6. The van der Waals surface area contributed by atoms with Crippen LogP contribution in [0.5, 0.6) is 0 Å². The van der Waals surface area contributed by atoms with Gasteiger partial charge in [0, 0.05) is 29.6 Å². The molecule has 2 aromatic carbocycles. The van der Waals surface area contributed by atoms with Crippen LogP contribution in [0.4, 0.5) is 14.6 Å². The summed E-state index contributed by atoms with van der Waals surface area (Å²) in [5.41, 5.74) is 9.65. The molecule has 0 radical (unpaired) electrons. The molecule has 4 N–H and O–H groups in total. The first-order valence-electron chi connectivity index (χ1n) is 10.7. The van der Waals surface area contributed by atoms with Crippen molar-refractivity contribution in [2.24, 2.45) is 12.8 Å². The van der Waals surface area contributed by atoms with E-state index in [9.17, 15) is 17.2 Å². The smallest absolute Gasteiger partial charge is 0.231 e. The number of aryl methyl sites for hydroxylation is 1. The number of aromatic nitrogens is 5. The average Bonchev–Trinajstić information content (AvgIpc) is 3.35. The molecule has 1 unspecified atom stereocenters. The van der Waals surface area contributed by atoms with Crippen molar-refractivity contribution in [2.45, 2.75) is 12.5 Å². The summed E-state index contributed by atoms with van der Waals surface area (Å²) in [6.45, 7) is 0. The molecule has 0 amide bonds. The number of benzene rings is 2. The normalized spacial score (nSPS) is 12.6. The molecule has 9 nitrogen and oxygen atoms in total. The van der Waals surface area contributed by atoms with Crippen molar-refractivity contribution in [2.75, 3.05) is 11.0 Å². The molecule has 14 heteroatoms. The number of pyridine rings is 1. The molecule has 0 aliphatic heterocycles. The zero-order valence-corrected chi connectivity index (χ0v) is 21.8. The Hall–Kier alpha value is -3.32. The van der Waals surface area contributed by atoms with Gasteiger partial charge in [-0.1, -0.05) is 17.7 Å². The van der Waals surface area contributed by atoms with Gasteiger partial charge in [0.2, 0.25) is 10.0 Å². The van der Waals surface area contributed by atoms with Gasteiger partial charge < -0.3 is 5.73 Å². The monoisotopic (exact) mass is 567 g/mol. The van der Waals surface area contributed by atoms with E-state index in [0.717, 1.165) is 12.3 Å². The predicted octanol–water partition coefficient (Wildman–Crippen LogP) is 4.48. The molecule has 0 saturated carbocycles. The third-order valence-electron chi connectivity index (χ3n) is 5.69. The van der Waals surface area contributed by atoms with Gasteiger partial charge in [-0.15, -0.1) is 12.4 Å². The van der Waals surface area contributed by atoms with Crippen LogP contribution < -0.4 is 10.5 Å². The van der Waals surface area contributed by atoms with E-state index >= 15 is 0 Å². The molecule has 0 saturated heterocycles. The summed E-state index contributed by atoms with van der Waals surface area (Å²) in [5, 5.41) is 12.6. The fraction of sp³-hybridized carbons (Fsp3) is 0.174. The Kier molecular flexibility index (Phi) is 7.12. The second kappa shape index (κ2) is 9.86. The molecule has 3 aromatic heterocycles. The third kappa shape index (κ3) is 5.23. The molecular weight excluding hydrogens is 547 g/mol. The highest BCUT2D eigenvalue weighted by molar-refractivity contribution is 7.92. The van der Waals surface area contributed by atoms with Gasteiger partial charge in [-0.3, -0.25) is 14.5 Å². The fourth-order valence-electron chi connectivity index (χ4n) is 4.31. The summed E-state index contributed by atoms with van der Waals surface area (Å²) in [6, 6.07) is 7.73. The largest absolute Gasteiger partial charge is 0.322 e. The Labute approximate surface area is 221 Å². The second-order valence-corrected chi connectivity index (χ2v) is 10.6. The first-order chi connectivity index (χ1) is 17.0. The quantitative estimate of drug-likeness (QED) is 0.277. The average molecular weight is 568 g/mol. The first kappa shape index (κ1) is 26.7. The van der Waals surface area contributed by atoms with E-state index in [0.29, 0.717) is 49.3 Å². The van der Waals surface area contributed by atoms with E-state index in [1.54, 1.807) is 25.4 Å². The van der Waals surface area contributed by atoms with Crippen LogP contribution in [0.2, 0.25) is 5.02 Å². The van der Waals surface area contributed by atoms with Gasteiger partial charge in [-0.25, -0.2) is 22.2 Å². The number of sulfonamides is 1. The summed E-state index contributed by atoms with van der Waals surface area (Å²) in [7, 11) is -1.96. The highest BCUT2D eigenvalue weighted by Crippen LogP contribution is 2.40. The van der Waals surface area contributed by atoms with E-state index in [2.05, 4.69) is 25.0 Å². The molecule has 1 atom stereocenters. The number of nitrogens with zero attached hydrogens (tertiary/aromatic N) is 4. The maximum Gasteiger partial charge on any atom is 0.231 e. The Morgan fingerprint density at radius 3 is 2.54 bits per heavy atom. The minimum Gasteiger partial charge on any atom is -0.322 e. The van der Waals surface area contributed by atoms with Crippen LogP contribution in [0.1, 0.15) is 17.3 Å². The lowest BCUT2D eigenvalue weighted by molar-refractivity contribution is 0.576. The van der Waals surface area contributed by atoms with Gasteiger partial charge >= 0.3 is 0 Å². The van der Waals surface area contributed by atoms with Crippen molar-refractivity contribution in [3.63, 3.8) is 0 Å². The standard InChI is InChI=1S/C23H20ClF2N7O2S.ClH/c1-33-21-15(3-4-17(24)19(21)23(31-33)32-36(2,34)35)16-8-12-10-28-30-22(12)29-20(16)18(27)7-11-5-13(25)9-14(26)6-11;/h3-6,8-10,18H,7,27H2,1-2H3,(H,31,32)(H,28,29,30);1H. The van der Waals surface area contributed by atoms with Crippen LogP contribution in [0.15, 0.2) is 42.6 Å². The number of anilines is 1. The highest BCUT2D eigenvalue weighted by atomic mass is 35.5. The van der Waals surface area contributed by atoms with E-state index < -0.39 is 27.7 Å². The molecule has 0 aliphatic rings. The lowest BCUT2D eigenvalue weighted by atomic mass is 9.94. The molecule has 0 aliphatic carbocycles. The van der Waals surface area contributed by atoms with Crippen LogP contribution in [-0.2, 0) is 23.5 Å². The molecule has 5 aromatic rings. The van der Waals surface area contributed by atoms with Gasteiger partial charge in [0.1, 0.15) is 11.6 Å². The summed E-state index contributed by atoms with van der Waals surface area (Å²) in [4.78, 5) is 4.67. The summed E-state index contributed by atoms with van der Waals surface area (Å²) in [5.74, 6) is -1.32. The topological polar surface area (TPSA) is 132 Å². The molecular formula is C23H21Cl2F2N7O2S. The van der Waals surface area contributed by atoms with Gasteiger partial charge in [-0.05, 0) is 36.2 Å². The number of H-pyrrole nitrogens is 1. The van der Waals surface area contributed by atoms with Gasteiger partial charge in [0.25, 0.3) is 0 Å². The fourth-order valence-corrected chi connectivity index (χ4v) is 5.05. The molecule has 194 valence electrons. The van der Waals surface area contributed by atoms with Crippen LogP contribution in [0.3, 0.4) is 0 Å². The molecule has 0 spiro atoms. The van der Waals surface area contributed by atoms with Crippen molar-refractivity contribution >= 4 is 61.8 Å². The van der Waals surface area contributed by atoms with Crippen LogP contribution in [0, 0.1) is 11.6 Å². The van der Waals surface area contributed by atoms with Crippen molar-refractivity contribution in [3.8, 4) is 11.1 Å². The first-order valence-corrected chi connectivity index (χ1v) is 12.9. The zero-order valence-electron chi connectivity index (χ0n) is 19.5. The van der Waals surface area contributed by atoms with Gasteiger partial charge in [0.05, 0.1) is 40.1 Å². The number of hydrogen-bond donors (Lipinski definition) is 3. The zero-order chi connectivity index (χ0) is 25.8. The number of fused-ring (bicyclic) bond motifs is 2. The van der Waals surface area contributed by atoms with Crippen molar-refractivity contribution in [1.29, 1.82) is 0 Å². The van der Waals surface area contributed by atoms with Crippen molar-refractivity contribution in [1.82, 2.24) is 25.0 Å². The van der Waals surface area contributed by atoms with Gasteiger partial charge in [0.15, 0.2) is 11.5 Å². The summed E-state index contributed by atoms with van der Waals surface area (Å²) < 4.78 is 55.3. The molecule has 37 heavy (non-hydrogen) atoms. The van der Waals surface area contributed by atoms with Crippen molar-refractivity contribution < 1.29 is 17.2 Å². The van der Waals surface area contributed by atoms with E-state index in [1.165, 1.54) is 16.8 Å². The van der Waals surface area contributed by atoms with Crippen molar-refractivity contribution in [3.05, 3.63) is 70.5 Å². The van der Waals surface area contributed by atoms with Crippen LogP contribution in [0.25, 0.3) is 33.1 Å². The van der Waals surface area contributed by atoms with E-state index in [-0.39, 0.29) is 24.6 Å². The van der Waals surface area contributed by atoms with Crippen LogP contribution in [-0.4, -0.2) is 39.6 Å². The summed E-state index contributed by atoms with van der Waals surface area (Å²) in [6.07, 6.45) is 2.74. The minimum atomic E-state index is -3.62. The maximum atomic E-state index is 13.8. The lowest BCUT2D eigenvalue weighted by Crippen LogP contribution is -2.17. The third-order valence-corrected chi connectivity index (χ3v) is 6.57. The Balaban J connectivity index is 0.00000320. The predicted molar refractivity (Wildman–Crippen MR) is 141 cm³/mol. The Morgan fingerprint density at radius 2 is 1.86 bits per heavy atom.